The molecule has 1 aromatic carbocycles. The summed E-state index contributed by atoms with van der Waals surface area (Å²) in [6, 6.07) is 3.99. The Morgan fingerprint density at radius 3 is 2.72 bits per heavy atom. The Bertz CT molecular complexity index is 617. The molecule has 25 heavy (non-hydrogen) atoms. The highest BCUT2D eigenvalue weighted by atomic mass is 19.2. The summed E-state index contributed by atoms with van der Waals surface area (Å²) in [7, 11) is 0. The molecule has 0 heterocycles. The molecule has 1 aliphatic carbocycles. The largest absolute Gasteiger partial charge is 0.357 e. The summed E-state index contributed by atoms with van der Waals surface area (Å²) in [4.78, 5) is 16.1. The van der Waals surface area contributed by atoms with Gasteiger partial charge in [-0.3, -0.25) is 9.79 Å². The first kappa shape index (κ1) is 19.1. The SMILES string of the molecule is CCNC(=NCCCC(=O)NC1CC1)NC(C)c1ccc(F)c(F)c1. The van der Waals surface area contributed by atoms with E-state index in [0.717, 1.165) is 18.9 Å². The normalized spacial score (nSPS) is 15.6. The van der Waals surface area contributed by atoms with Crippen molar-refractivity contribution in [3.8, 4) is 0 Å². The Balaban J connectivity index is 1.82. The second-order valence-electron chi connectivity index (χ2n) is 6.25. The van der Waals surface area contributed by atoms with Gasteiger partial charge in [0, 0.05) is 25.6 Å². The van der Waals surface area contributed by atoms with E-state index >= 15 is 0 Å². The molecule has 7 heteroatoms. The topological polar surface area (TPSA) is 65.5 Å². The van der Waals surface area contributed by atoms with Gasteiger partial charge in [0.05, 0.1) is 6.04 Å². The Morgan fingerprint density at radius 2 is 2.08 bits per heavy atom. The highest BCUT2D eigenvalue weighted by Crippen LogP contribution is 2.18. The van der Waals surface area contributed by atoms with E-state index in [4.69, 9.17) is 0 Å². The zero-order chi connectivity index (χ0) is 18.2. The average molecular weight is 352 g/mol. The summed E-state index contributed by atoms with van der Waals surface area (Å²) in [5.41, 5.74) is 0.633. The molecule has 0 aromatic heterocycles. The van der Waals surface area contributed by atoms with Gasteiger partial charge in [-0.05, 0) is 50.8 Å². The fraction of sp³-hybridized carbons (Fsp3) is 0.556. The van der Waals surface area contributed by atoms with Gasteiger partial charge in [0.1, 0.15) is 0 Å². The molecule has 3 N–H and O–H groups in total. The zero-order valence-electron chi connectivity index (χ0n) is 14.7. The molecule has 0 bridgehead atoms. The number of hydrogen-bond donors (Lipinski definition) is 3. The molecule has 5 nitrogen and oxygen atoms in total. The van der Waals surface area contributed by atoms with Crippen molar-refractivity contribution in [2.75, 3.05) is 13.1 Å². The molecule has 1 fully saturated rings. The highest BCUT2D eigenvalue weighted by Gasteiger charge is 2.22. The van der Waals surface area contributed by atoms with Crippen LogP contribution >= 0.6 is 0 Å². The minimum Gasteiger partial charge on any atom is -0.357 e. The van der Waals surface area contributed by atoms with Gasteiger partial charge in [0.15, 0.2) is 17.6 Å². The van der Waals surface area contributed by atoms with Gasteiger partial charge in [-0.25, -0.2) is 8.78 Å². The molecule has 1 amide bonds. The quantitative estimate of drug-likeness (QED) is 0.383. The second-order valence-corrected chi connectivity index (χ2v) is 6.25. The number of hydrogen-bond acceptors (Lipinski definition) is 2. The number of carbonyl (C=O) groups excluding carboxylic acids is 1. The van der Waals surface area contributed by atoms with E-state index < -0.39 is 11.6 Å². The standard InChI is InChI=1S/C18H26F2N4O/c1-3-21-18(22-10-4-5-17(25)24-14-7-8-14)23-12(2)13-6-9-15(19)16(20)11-13/h6,9,11-12,14H,3-5,7-8,10H2,1-2H3,(H,24,25)(H2,21,22,23). The number of rotatable bonds is 8. The highest BCUT2D eigenvalue weighted by molar-refractivity contribution is 5.80. The van der Waals surface area contributed by atoms with Gasteiger partial charge >= 0.3 is 0 Å². The van der Waals surface area contributed by atoms with Gasteiger partial charge in [0.25, 0.3) is 0 Å². The number of amides is 1. The molecule has 0 aliphatic heterocycles. The molecular weight excluding hydrogens is 326 g/mol. The maximum absolute atomic E-state index is 13.4. The van der Waals surface area contributed by atoms with Crippen LogP contribution in [-0.2, 0) is 4.79 Å². The van der Waals surface area contributed by atoms with Crippen LogP contribution in [0.5, 0.6) is 0 Å². The third-order valence-corrected chi connectivity index (χ3v) is 3.92. The van der Waals surface area contributed by atoms with Gasteiger partial charge in [-0.1, -0.05) is 6.07 Å². The number of benzene rings is 1. The monoisotopic (exact) mass is 352 g/mol. The summed E-state index contributed by atoms with van der Waals surface area (Å²) in [5, 5.41) is 9.22. The number of halogens is 2. The van der Waals surface area contributed by atoms with Crippen molar-refractivity contribution in [1.29, 1.82) is 0 Å². The van der Waals surface area contributed by atoms with E-state index in [1.54, 1.807) is 6.07 Å². The third kappa shape index (κ3) is 6.68. The van der Waals surface area contributed by atoms with Crippen molar-refractivity contribution < 1.29 is 13.6 Å². The average Bonchev–Trinajstić information content (AvgIpc) is 3.38. The predicted molar refractivity (Wildman–Crippen MR) is 94.3 cm³/mol. The van der Waals surface area contributed by atoms with Crippen LogP contribution in [0.4, 0.5) is 8.78 Å². The van der Waals surface area contributed by atoms with E-state index in [-0.39, 0.29) is 11.9 Å². The smallest absolute Gasteiger partial charge is 0.220 e. The first-order valence-electron chi connectivity index (χ1n) is 8.78. The molecule has 1 saturated carbocycles. The molecule has 0 saturated heterocycles. The van der Waals surface area contributed by atoms with Crippen LogP contribution in [0, 0.1) is 11.6 Å². The second kappa shape index (κ2) is 9.34. The lowest BCUT2D eigenvalue weighted by atomic mass is 10.1. The van der Waals surface area contributed by atoms with Gasteiger partial charge in [-0.15, -0.1) is 0 Å². The Labute approximate surface area is 147 Å². The van der Waals surface area contributed by atoms with Crippen molar-refractivity contribution in [1.82, 2.24) is 16.0 Å². The summed E-state index contributed by atoms with van der Waals surface area (Å²) >= 11 is 0. The van der Waals surface area contributed by atoms with Crippen LogP contribution < -0.4 is 16.0 Å². The Hall–Kier alpha value is -2.18. The third-order valence-electron chi connectivity index (χ3n) is 3.92. The van der Waals surface area contributed by atoms with Crippen LogP contribution in [0.15, 0.2) is 23.2 Å². The fourth-order valence-electron chi connectivity index (χ4n) is 2.35. The van der Waals surface area contributed by atoms with Crippen molar-refractivity contribution in [2.24, 2.45) is 4.99 Å². The van der Waals surface area contributed by atoms with Crippen LogP contribution in [0.2, 0.25) is 0 Å². The molecule has 138 valence electrons. The molecule has 0 spiro atoms. The molecule has 1 unspecified atom stereocenters. The first-order chi connectivity index (χ1) is 12.0. The number of aliphatic imine (C=N–C) groups is 1. The van der Waals surface area contributed by atoms with Crippen LogP contribution in [0.1, 0.15) is 51.1 Å². The van der Waals surface area contributed by atoms with Crippen molar-refractivity contribution >= 4 is 11.9 Å². The Kier molecular flexibility index (Phi) is 7.16. The van der Waals surface area contributed by atoms with E-state index in [1.165, 1.54) is 6.07 Å². The fourth-order valence-corrected chi connectivity index (χ4v) is 2.35. The lowest BCUT2D eigenvalue weighted by Crippen LogP contribution is -2.38. The zero-order valence-corrected chi connectivity index (χ0v) is 14.7. The number of nitrogens with zero attached hydrogens (tertiary/aromatic N) is 1. The number of carbonyl (C=O) groups is 1. The molecule has 0 radical (unpaired) electrons. The maximum Gasteiger partial charge on any atom is 0.220 e. The minimum atomic E-state index is -0.866. The van der Waals surface area contributed by atoms with Crippen molar-refractivity contribution in [3.63, 3.8) is 0 Å². The van der Waals surface area contributed by atoms with Crippen LogP contribution in [0.3, 0.4) is 0 Å². The van der Waals surface area contributed by atoms with Crippen molar-refractivity contribution in [3.05, 3.63) is 35.4 Å². The van der Waals surface area contributed by atoms with E-state index in [2.05, 4.69) is 20.9 Å². The number of guanidine groups is 1. The van der Waals surface area contributed by atoms with E-state index in [0.29, 0.717) is 43.5 Å². The maximum atomic E-state index is 13.4. The molecular formula is C18H26F2N4O. The molecule has 1 aliphatic rings. The minimum absolute atomic E-state index is 0.0748. The summed E-state index contributed by atoms with van der Waals surface area (Å²) in [6.07, 6.45) is 3.29. The van der Waals surface area contributed by atoms with Gasteiger partial charge < -0.3 is 16.0 Å². The van der Waals surface area contributed by atoms with Crippen LogP contribution in [0.25, 0.3) is 0 Å². The summed E-state index contributed by atoms with van der Waals surface area (Å²) in [6.45, 7) is 4.99. The lowest BCUT2D eigenvalue weighted by molar-refractivity contribution is -0.121. The molecule has 1 aromatic rings. The van der Waals surface area contributed by atoms with E-state index in [1.807, 2.05) is 13.8 Å². The summed E-state index contributed by atoms with van der Waals surface area (Å²) in [5.74, 6) is -1.07. The van der Waals surface area contributed by atoms with E-state index in [9.17, 15) is 13.6 Å². The molecule has 1 atom stereocenters. The van der Waals surface area contributed by atoms with Gasteiger partial charge in [-0.2, -0.15) is 0 Å². The van der Waals surface area contributed by atoms with Gasteiger partial charge in [0.2, 0.25) is 5.91 Å². The molecule has 2 rings (SSSR count). The first-order valence-corrected chi connectivity index (χ1v) is 8.78. The predicted octanol–water partition coefficient (Wildman–Crippen LogP) is 2.64. The van der Waals surface area contributed by atoms with Crippen LogP contribution in [-0.4, -0.2) is 31.0 Å². The summed E-state index contributed by atoms with van der Waals surface area (Å²) < 4.78 is 26.4. The lowest BCUT2D eigenvalue weighted by Gasteiger charge is -2.18. The number of nitrogens with one attached hydrogen (secondary N) is 3. The Morgan fingerprint density at radius 1 is 1.32 bits per heavy atom. The van der Waals surface area contributed by atoms with Crippen molar-refractivity contribution in [2.45, 2.75) is 51.6 Å².